The van der Waals surface area contributed by atoms with Gasteiger partial charge in [-0.15, -0.1) is 0 Å². The molecule has 0 aromatic rings. The lowest BCUT2D eigenvalue weighted by Crippen LogP contribution is -2.39. The minimum Gasteiger partial charge on any atom is -0.389 e. The summed E-state index contributed by atoms with van der Waals surface area (Å²) in [6.45, 7) is 10.2. The van der Waals surface area contributed by atoms with Gasteiger partial charge in [-0.05, 0) is 34.2 Å². The average molecular weight is 203 g/mol. The Labute approximate surface area is 88.1 Å². The number of rotatable bonds is 7. The van der Waals surface area contributed by atoms with Crippen LogP contribution in [0.3, 0.4) is 0 Å². The molecule has 0 spiro atoms. The molecule has 86 valence electrons. The fourth-order valence-electron chi connectivity index (χ4n) is 1.22. The lowest BCUT2D eigenvalue weighted by atomic mass is 10.0. The fraction of sp³-hybridized carbons (Fsp3) is 1.00. The van der Waals surface area contributed by atoms with E-state index >= 15 is 0 Å². The Morgan fingerprint density at radius 2 is 2.00 bits per heavy atom. The monoisotopic (exact) mass is 203 g/mol. The van der Waals surface area contributed by atoms with Gasteiger partial charge in [-0.25, -0.2) is 0 Å². The quantitative estimate of drug-likeness (QED) is 0.680. The Morgan fingerprint density at radius 1 is 1.43 bits per heavy atom. The molecule has 1 atom stereocenters. The molecule has 0 amide bonds. The first-order valence-electron chi connectivity index (χ1n) is 5.40. The standard InChI is InChI=1S/C11H25NO2/c1-6-11(4,13)9-12(5)7-8-14-10(2)3/h10,13H,6-9H2,1-5H3. The van der Waals surface area contributed by atoms with Crippen molar-refractivity contribution in [2.24, 2.45) is 0 Å². The first-order chi connectivity index (χ1) is 6.37. The summed E-state index contributed by atoms with van der Waals surface area (Å²) in [5.74, 6) is 0. The number of hydrogen-bond acceptors (Lipinski definition) is 3. The molecule has 1 N–H and O–H groups in total. The van der Waals surface area contributed by atoms with Crippen LogP contribution in [0.1, 0.15) is 34.1 Å². The fourth-order valence-corrected chi connectivity index (χ4v) is 1.22. The minimum atomic E-state index is -0.577. The third-order valence-corrected chi connectivity index (χ3v) is 2.30. The average Bonchev–Trinajstić information content (AvgIpc) is 2.02. The number of likely N-dealkylation sites (N-methyl/N-ethyl adjacent to an activating group) is 1. The third-order valence-electron chi connectivity index (χ3n) is 2.30. The molecule has 0 aliphatic carbocycles. The van der Waals surface area contributed by atoms with Crippen molar-refractivity contribution in [1.29, 1.82) is 0 Å². The van der Waals surface area contributed by atoms with E-state index in [0.29, 0.717) is 6.54 Å². The van der Waals surface area contributed by atoms with Crippen LogP contribution in [0.15, 0.2) is 0 Å². The van der Waals surface area contributed by atoms with Crippen molar-refractivity contribution in [3.05, 3.63) is 0 Å². The first-order valence-corrected chi connectivity index (χ1v) is 5.40. The lowest BCUT2D eigenvalue weighted by Gasteiger charge is -2.28. The summed E-state index contributed by atoms with van der Waals surface area (Å²) in [6.07, 6.45) is 1.07. The van der Waals surface area contributed by atoms with Gasteiger partial charge in [-0.1, -0.05) is 6.92 Å². The van der Waals surface area contributed by atoms with E-state index in [1.807, 2.05) is 34.7 Å². The van der Waals surface area contributed by atoms with E-state index < -0.39 is 5.60 Å². The minimum absolute atomic E-state index is 0.287. The molecule has 14 heavy (non-hydrogen) atoms. The number of hydrogen-bond donors (Lipinski definition) is 1. The topological polar surface area (TPSA) is 32.7 Å². The van der Waals surface area contributed by atoms with Crippen molar-refractivity contribution in [3.8, 4) is 0 Å². The summed E-state index contributed by atoms with van der Waals surface area (Å²) >= 11 is 0. The highest BCUT2D eigenvalue weighted by Crippen LogP contribution is 2.09. The van der Waals surface area contributed by atoms with Crippen LogP contribution in [-0.4, -0.2) is 48.5 Å². The molecule has 3 nitrogen and oxygen atoms in total. The molecule has 0 aliphatic rings. The molecule has 0 saturated heterocycles. The van der Waals surface area contributed by atoms with Crippen LogP contribution in [0.25, 0.3) is 0 Å². The largest absolute Gasteiger partial charge is 0.389 e. The van der Waals surface area contributed by atoms with Gasteiger partial charge in [-0.2, -0.15) is 0 Å². The van der Waals surface area contributed by atoms with Gasteiger partial charge in [0.25, 0.3) is 0 Å². The van der Waals surface area contributed by atoms with E-state index in [-0.39, 0.29) is 6.10 Å². The maximum Gasteiger partial charge on any atom is 0.0743 e. The molecule has 0 radical (unpaired) electrons. The van der Waals surface area contributed by atoms with E-state index in [4.69, 9.17) is 4.74 Å². The van der Waals surface area contributed by atoms with Crippen molar-refractivity contribution in [2.75, 3.05) is 26.7 Å². The molecule has 0 aromatic carbocycles. The first kappa shape index (κ1) is 13.9. The predicted molar refractivity (Wildman–Crippen MR) is 59.5 cm³/mol. The molecule has 0 saturated carbocycles. The van der Waals surface area contributed by atoms with E-state index in [0.717, 1.165) is 19.6 Å². The van der Waals surface area contributed by atoms with Crippen LogP contribution in [0.2, 0.25) is 0 Å². The third kappa shape index (κ3) is 7.30. The Morgan fingerprint density at radius 3 is 2.43 bits per heavy atom. The summed E-state index contributed by atoms with van der Waals surface area (Å²) in [7, 11) is 2.01. The molecule has 0 bridgehead atoms. The van der Waals surface area contributed by atoms with Gasteiger partial charge in [0, 0.05) is 13.1 Å². The zero-order chi connectivity index (χ0) is 11.2. The highest BCUT2D eigenvalue weighted by Gasteiger charge is 2.19. The molecule has 0 aliphatic heterocycles. The molecule has 0 aromatic heterocycles. The Kier molecular flexibility index (Phi) is 6.33. The molecular weight excluding hydrogens is 178 g/mol. The smallest absolute Gasteiger partial charge is 0.0743 e. The van der Waals surface area contributed by atoms with Gasteiger partial charge in [0.05, 0.1) is 18.3 Å². The highest BCUT2D eigenvalue weighted by molar-refractivity contribution is 4.73. The molecule has 0 fully saturated rings. The van der Waals surface area contributed by atoms with Crippen LogP contribution < -0.4 is 0 Å². The number of aliphatic hydroxyl groups is 1. The van der Waals surface area contributed by atoms with Crippen molar-refractivity contribution in [3.63, 3.8) is 0 Å². The Hall–Kier alpha value is -0.120. The van der Waals surface area contributed by atoms with Crippen molar-refractivity contribution >= 4 is 0 Å². The van der Waals surface area contributed by atoms with Gasteiger partial charge in [0.15, 0.2) is 0 Å². The zero-order valence-corrected chi connectivity index (χ0v) is 10.2. The van der Waals surface area contributed by atoms with Crippen molar-refractivity contribution in [1.82, 2.24) is 4.90 Å². The van der Waals surface area contributed by atoms with Gasteiger partial charge < -0.3 is 14.7 Å². The Balaban J connectivity index is 3.60. The molecule has 0 heterocycles. The molecule has 3 heteroatoms. The van der Waals surface area contributed by atoms with Crippen molar-refractivity contribution < 1.29 is 9.84 Å². The highest BCUT2D eigenvalue weighted by atomic mass is 16.5. The number of nitrogens with zero attached hydrogens (tertiary/aromatic N) is 1. The second-order valence-electron chi connectivity index (χ2n) is 4.51. The van der Waals surface area contributed by atoms with E-state index in [2.05, 4.69) is 4.90 Å². The Bertz CT molecular complexity index is 146. The van der Waals surface area contributed by atoms with Crippen LogP contribution in [-0.2, 0) is 4.74 Å². The summed E-state index contributed by atoms with van der Waals surface area (Å²) in [4.78, 5) is 2.10. The van der Waals surface area contributed by atoms with Crippen LogP contribution in [0, 0.1) is 0 Å². The van der Waals surface area contributed by atoms with Crippen molar-refractivity contribution in [2.45, 2.75) is 45.8 Å². The summed E-state index contributed by atoms with van der Waals surface area (Å²) in [5, 5.41) is 9.82. The van der Waals surface area contributed by atoms with E-state index in [1.165, 1.54) is 0 Å². The van der Waals surface area contributed by atoms with E-state index in [9.17, 15) is 5.11 Å². The maximum absolute atomic E-state index is 9.82. The van der Waals surface area contributed by atoms with Gasteiger partial charge >= 0.3 is 0 Å². The molecule has 0 rings (SSSR count). The zero-order valence-electron chi connectivity index (χ0n) is 10.2. The second-order valence-corrected chi connectivity index (χ2v) is 4.51. The SMILES string of the molecule is CCC(C)(O)CN(C)CCOC(C)C. The lowest BCUT2D eigenvalue weighted by molar-refractivity contribution is 0.00845. The second kappa shape index (κ2) is 6.38. The summed E-state index contributed by atoms with van der Waals surface area (Å²) in [5.41, 5.74) is -0.577. The molecular formula is C11H25NO2. The van der Waals surface area contributed by atoms with Gasteiger partial charge in [-0.3, -0.25) is 0 Å². The summed E-state index contributed by atoms with van der Waals surface area (Å²) in [6, 6.07) is 0. The van der Waals surface area contributed by atoms with Crippen LogP contribution in [0.5, 0.6) is 0 Å². The van der Waals surface area contributed by atoms with Crippen LogP contribution in [0.4, 0.5) is 0 Å². The molecule has 1 unspecified atom stereocenters. The van der Waals surface area contributed by atoms with Crippen LogP contribution >= 0.6 is 0 Å². The summed E-state index contributed by atoms with van der Waals surface area (Å²) < 4.78 is 5.44. The van der Waals surface area contributed by atoms with Gasteiger partial charge in [0.2, 0.25) is 0 Å². The van der Waals surface area contributed by atoms with Gasteiger partial charge in [0.1, 0.15) is 0 Å². The van der Waals surface area contributed by atoms with E-state index in [1.54, 1.807) is 0 Å². The number of ether oxygens (including phenoxy) is 1. The predicted octanol–water partition coefficient (Wildman–Crippen LogP) is 1.50. The normalized spacial score (nSPS) is 16.3. The maximum atomic E-state index is 9.82.